The molecule has 3 aliphatic heterocycles. The topological polar surface area (TPSA) is 49.5 Å². The molecule has 0 radical (unpaired) electrons. The van der Waals surface area contributed by atoms with Crippen molar-refractivity contribution in [1.82, 2.24) is 0 Å². The van der Waals surface area contributed by atoms with E-state index in [-0.39, 0.29) is 30.7 Å². The molecule has 3 aliphatic rings. The van der Waals surface area contributed by atoms with Crippen LogP contribution in [0.3, 0.4) is 0 Å². The molecule has 1 unspecified atom stereocenters. The van der Waals surface area contributed by atoms with Crippen LogP contribution >= 0.6 is 0 Å². The van der Waals surface area contributed by atoms with Gasteiger partial charge in [-0.1, -0.05) is 60.7 Å². The van der Waals surface area contributed by atoms with E-state index in [1.807, 2.05) is 48.5 Å². The van der Waals surface area contributed by atoms with Crippen LogP contribution in [0.15, 0.2) is 60.7 Å². The predicted molar refractivity (Wildman–Crippen MR) is 88.6 cm³/mol. The third-order valence-corrected chi connectivity index (χ3v) is 4.86. The van der Waals surface area contributed by atoms with E-state index in [0.29, 0.717) is 13.2 Å². The normalized spacial score (nSPS) is 36.3. The molecule has 0 amide bonds. The molecule has 0 bridgehead atoms. The lowest BCUT2D eigenvalue weighted by molar-refractivity contribution is -0.302. The molecule has 5 rings (SSSR count). The highest BCUT2D eigenvalue weighted by Gasteiger charge is 2.59. The number of benzene rings is 2. The highest BCUT2D eigenvalue weighted by Crippen LogP contribution is 2.42. The van der Waals surface area contributed by atoms with E-state index in [4.69, 9.17) is 23.7 Å². The number of rotatable bonds is 4. The van der Waals surface area contributed by atoms with Gasteiger partial charge in [0, 0.05) is 5.56 Å². The summed E-state index contributed by atoms with van der Waals surface area (Å²) in [6, 6.07) is 20.1. The molecule has 25 heavy (non-hydrogen) atoms. The summed E-state index contributed by atoms with van der Waals surface area (Å²) in [5, 5.41) is 0. The average molecular weight is 340 g/mol. The van der Waals surface area contributed by atoms with Crippen molar-refractivity contribution in [1.29, 1.82) is 0 Å². The van der Waals surface area contributed by atoms with Crippen molar-refractivity contribution in [3.05, 3.63) is 71.8 Å². The van der Waals surface area contributed by atoms with Crippen LogP contribution in [0.1, 0.15) is 17.4 Å². The molecule has 3 heterocycles. The van der Waals surface area contributed by atoms with E-state index in [9.17, 15) is 0 Å². The maximum atomic E-state index is 6.22. The smallest absolute Gasteiger partial charge is 0.187 e. The van der Waals surface area contributed by atoms with E-state index in [0.717, 1.165) is 11.1 Å². The van der Waals surface area contributed by atoms with Gasteiger partial charge in [-0.25, -0.2) is 0 Å². The van der Waals surface area contributed by atoms with Crippen molar-refractivity contribution in [2.24, 2.45) is 0 Å². The van der Waals surface area contributed by atoms with Crippen LogP contribution < -0.4 is 0 Å². The number of epoxide rings is 1. The molecule has 130 valence electrons. The van der Waals surface area contributed by atoms with Crippen molar-refractivity contribution in [2.75, 3.05) is 6.61 Å². The van der Waals surface area contributed by atoms with Crippen LogP contribution in [-0.4, -0.2) is 37.3 Å². The van der Waals surface area contributed by atoms with Gasteiger partial charge in [-0.2, -0.15) is 0 Å². The second-order valence-corrected chi connectivity index (χ2v) is 6.58. The molecule has 3 saturated heterocycles. The van der Waals surface area contributed by atoms with Crippen molar-refractivity contribution in [3.8, 4) is 0 Å². The highest BCUT2D eigenvalue weighted by atomic mass is 16.8. The van der Waals surface area contributed by atoms with E-state index >= 15 is 0 Å². The summed E-state index contributed by atoms with van der Waals surface area (Å²) in [7, 11) is 0. The summed E-state index contributed by atoms with van der Waals surface area (Å²) < 4.78 is 29.8. The molecule has 2 aromatic carbocycles. The Kier molecular flexibility index (Phi) is 4.04. The summed E-state index contributed by atoms with van der Waals surface area (Å²) in [4.78, 5) is 0. The van der Waals surface area contributed by atoms with E-state index in [1.54, 1.807) is 0 Å². The molecular formula is C20H20O5. The maximum absolute atomic E-state index is 6.22. The largest absolute Gasteiger partial charge is 0.368 e. The maximum Gasteiger partial charge on any atom is 0.187 e. The minimum atomic E-state index is -0.399. The first-order valence-corrected chi connectivity index (χ1v) is 8.67. The van der Waals surface area contributed by atoms with Gasteiger partial charge in [-0.15, -0.1) is 0 Å². The fourth-order valence-electron chi connectivity index (χ4n) is 3.50. The molecule has 3 fully saturated rings. The summed E-state index contributed by atoms with van der Waals surface area (Å²) in [5.74, 6) is 0. The summed E-state index contributed by atoms with van der Waals surface area (Å²) in [5.41, 5.74) is 2.14. The lowest BCUT2D eigenvalue weighted by atomic mass is 10.0. The third kappa shape index (κ3) is 3.10. The molecule has 0 spiro atoms. The summed E-state index contributed by atoms with van der Waals surface area (Å²) in [6.45, 7) is 1.00. The van der Waals surface area contributed by atoms with Gasteiger partial charge in [-0.3, -0.25) is 0 Å². The van der Waals surface area contributed by atoms with E-state index in [1.165, 1.54) is 0 Å². The Labute approximate surface area is 146 Å². The van der Waals surface area contributed by atoms with Crippen molar-refractivity contribution < 1.29 is 23.7 Å². The molecule has 5 nitrogen and oxygen atoms in total. The van der Waals surface area contributed by atoms with Crippen molar-refractivity contribution in [2.45, 2.75) is 43.6 Å². The Morgan fingerprint density at radius 1 is 0.840 bits per heavy atom. The zero-order valence-electron chi connectivity index (χ0n) is 13.7. The van der Waals surface area contributed by atoms with Gasteiger partial charge in [0.15, 0.2) is 12.6 Å². The van der Waals surface area contributed by atoms with Gasteiger partial charge < -0.3 is 23.7 Å². The molecule has 2 aromatic rings. The first-order valence-electron chi connectivity index (χ1n) is 8.67. The fraction of sp³-hybridized carbons (Fsp3) is 0.400. The molecule has 0 saturated carbocycles. The zero-order valence-corrected chi connectivity index (χ0v) is 13.7. The number of fused-ring (bicyclic) bond motifs is 2. The number of hydrogen-bond donors (Lipinski definition) is 0. The first-order chi connectivity index (χ1) is 12.4. The molecule has 0 aliphatic carbocycles. The van der Waals surface area contributed by atoms with E-state index in [2.05, 4.69) is 12.1 Å². The SMILES string of the molecule is c1ccc(CO[C@H]2[C@@H]3O[C@H]3O[C@@H]3COC(c4ccccc4)O[C@@H]23)cc1. The van der Waals surface area contributed by atoms with Gasteiger partial charge in [0.2, 0.25) is 0 Å². The Hall–Kier alpha value is -1.76. The van der Waals surface area contributed by atoms with Crippen LogP contribution in [0.5, 0.6) is 0 Å². The Morgan fingerprint density at radius 2 is 1.60 bits per heavy atom. The van der Waals surface area contributed by atoms with Crippen molar-refractivity contribution >= 4 is 0 Å². The Morgan fingerprint density at radius 3 is 2.40 bits per heavy atom. The number of hydrogen-bond acceptors (Lipinski definition) is 5. The van der Waals surface area contributed by atoms with Gasteiger partial charge in [0.1, 0.15) is 24.4 Å². The van der Waals surface area contributed by atoms with Crippen LogP contribution in [0.2, 0.25) is 0 Å². The second kappa shape index (κ2) is 6.52. The van der Waals surface area contributed by atoms with Gasteiger partial charge in [0.05, 0.1) is 13.2 Å². The summed E-state index contributed by atoms with van der Waals surface area (Å²) >= 11 is 0. The Balaban J connectivity index is 1.31. The second-order valence-electron chi connectivity index (χ2n) is 6.58. The number of ether oxygens (including phenoxy) is 5. The minimum absolute atomic E-state index is 0.0560. The van der Waals surface area contributed by atoms with E-state index < -0.39 is 6.29 Å². The lowest BCUT2D eigenvalue weighted by Gasteiger charge is -2.41. The molecule has 0 aromatic heterocycles. The van der Waals surface area contributed by atoms with Gasteiger partial charge in [-0.05, 0) is 5.56 Å². The Bertz CT molecular complexity index is 707. The standard InChI is InChI=1S/C20H20O5/c1-3-7-13(8-4-1)11-21-17-16-15(23-20-18(17)25-20)12-22-19(24-16)14-9-5-2-6-10-14/h1-10,15-20H,11-12H2/t15-,16-,17-,18+,19?,20-/m1/s1. The average Bonchev–Trinajstić information content (AvgIpc) is 3.45. The van der Waals surface area contributed by atoms with Gasteiger partial charge in [0.25, 0.3) is 0 Å². The van der Waals surface area contributed by atoms with Crippen LogP contribution in [0.25, 0.3) is 0 Å². The monoisotopic (exact) mass is 340 g/mol. The van der Waals surface area contributed by atoms with Gasteiger partial charge >= 0.3 is 0 Å². The highest BCUT2D eigenvalue weighted by molar-refractivity contribution is 5.17. The van der Waals surface area contributed by atoms with Crippen LogP contribution in [0.4, 0.5) is 0 Å². The fourth-order valence-corrected chi connectivity index (χ4v) is 3.50. The first kappa shape index (κ1) is 15.5. The quantitative estimate of drug-likeness (QED) is 0.801. The zero-order chi connectivity index (χ0) is 16.6. The molecule has 0 N–H and O–H groups in total. The molecule has 5 heteroatoms. The third-order valence-electron chi connectivity index (χ3n) is 4.86. The molecular weight excluding hydrogens is 320 g/mol. The lowest BCUT2D eigenvalue weighted by Crippen LogP contribution is -2.55. The summed E-state index contributed by atoms with van der Waals surface area (Å²) in [6.07, 6.45) is -1.17. The minimum Gasteiger partial charge on any atom is -0.368 e. The molecule has 6 atom stereocenters. The predicted octanol–water partition coefficient (Wildman–Crippen LogP) is 2.81. The van der Waals surface area contributed by atoms with Crippen LogP contribution in [0, 0.1) is 0 Å². The van der Waals surface area contributed by atoms with Crippen LogP contribution in [-0.2, 0) is 30.3 Å². The van der Waals surface area contributed by atoms with Crippen molar-refractivity contribution in [3.63, 3.8) is 0 Å².